The number of hydrogen-bond donors (Lipinski definition) is 2. The van der Waals surface area contributed by atoms with E-state index in [0.29, 0.717) is 0 Å². The van der Waals surface area contributed by atoms with Gasteiger partial charge in [-0.15, -0.1) is 0 Å². The van der Waals surface area contributed by atoms with Crippen LogP contribution in [0.3, 0.4) is 0 Å². The van der Waals surface area contributed by atoms with E-state index in [1.165, 1.54) is 12.1 Å². The monoisotopic (exact) mass is 311 g/mol. The van der Waals surface area contributed by atoms with Gasteiger partial charge in [0.05, 0.1) is 9.95 Å². The van der Waals surface area contributed by atoms with Crippen LogP contribution in [0.15, 0.2) is 30.3 Å². The highest BCUT2D eigenvalue weighted by atomic mass is 35.5. The van der Waals surface area contributed by atoms with Gasteiger partial charge in [-0.25, -0.2) is 14.2 Å². The SMILES string of the molecule is O=C(O)c1ccc([N+](=O)[O-])c(Nc2ccc(F)c(Cl)c2)n1. The number of aromatic carboxylic acids is 1. The fraction of sp³-hybridized carbons (Fsp3) is 0. The second kappa shape index (κ2) is 5.71. The molecule has 0 atom stereocenters. The molecule has 0 amide bonds. The fourth-order valence-corrected chi connectivity index (χ4v) is 1.70. The van der Waals surface area contributed by atoms with Gasteiger partial charge in [-0.3, -0.25) is 10.1 Å². The number of carbonyl (C=O) groups is 1. The van der Waals surface area contributed by atoms with Crippen LogP contribution in [-0.4, -0.2) is 21.0 Å². The van der Waals surface area contributed by atoms with Crippen molar-refractivity contribution in [1.82, 2.24) is 4.98 Å². The Labute approximate surface area is 122 Å². The minimum Gasteiger partial charge on any atom is -0.477 e. The molecule has 2 rings (SSSR count). The third-order valence-electron chi connectivity index (χ3n) is 2.47. The highest BCUT2D eigenvalue weighted by Crippen LogP contribution is 2.27. The van der Waals surface area contributed by atoms with E-state index in [2.05, 4.69) is 10.3 Å². The van der Waals surface area contributed by atoms with Crippen LogP contribution in [0.5, 0.6) is 0 Å². The maximum absolute atomic E-state index is 13.1. The molecule has 0 fully saturated rings. The summed E-state index contributed by atoms with van der Waals surface area (Å²) in [6, 6.07) is 5.60. The standard InChI is InChI=1S/C12H7ClFN3O4/c13-7-5-6(1-2-8(7)14)15-11-10(17(20)21)4-3-9(16-11)12(18)19/h1-5H,(H,15,16)(H,18,19). The van der Waals surface area contributed by atoms with Crippen molar-refractivity contribution < 1.29 is 19.2 Å². The van der Waals surface area contributed by atoms with E-state index in [1.54, 1.807) is 0 Å². The highest BCUT2D eigenvalue weighted by molar-refractivity contribution is 6.31. The Hall–Kier alpha value is -2.74. The van der Waals surface area contributed by atoms with Gasteiger partial charge in [0.2, 0.25) is 5.82 Å². The number of nitrogens with one attached hydrogen (secondary N) is 1. The van der Waals surface area contributed by atoms with Gasteiger partial charge in [-0.05, 0) is 24.3 Å². The zero-order valence-electron chi connectivity index (χ0n) is 10.2. The van der Waals surface area contributed by atoms with Crippen molar-refractivity contribution >= 4 is 34.8 Å². The number of hydrogen-bond acceptors (Lipinski definition) is 5. The molecular weight excluding hydrogens is 305 g/mol. The predicted octanol–water partition coefficient (Wildman–Crippen LogP) is 3.22. The Morgan fingerprint density at radius 3 is 2.67 bits per heavy atom. The van der Waals surface area contributed by atoms with Crippen molar-refractivity contribution in [2.24, 2.45) is 0 Å². The summed E-state index contributed by atoms with van der Waals surface area (Å²) in [6.45, 7) is 0. The Balaban J connectivity index is 2.45. The number of nitrogens with zero attached hydrogens (tertiary/aromatic N) is 2. The van der Waals surface area contributed by atoms with Crippen molar-refractivity contribution in [2.75, 3.05) is 5.32 Å². The van der Waals surface area contributed by atoms with Crippen LogP contribution < -0.4 is 5.32 Å². The van der Waals surface area contributed by atoms with Crippen LogP contribution in [0.2, 0.25) is 5.02 Å². The van der Waals surface area contributed by atoms with E-state index in [4.69, 9.17) is 16.7 Å². The number of pyridine rings is 1. The smallest absolute Gasteiger partial charge is 0.354 e. The van der Waals surface area contributed by atoms with Crippen molar-refractivity contribution in [1.29, 1.82) is 0 Å². The average molecular weight is 312 g/mol. The second-order valence-electron chi connectivity index (χ2n) is 3.88. The Bertz CT molecular complexity index is 738. The molecule has 1 aromatic heterocycles. The predicted molar refractivity (Wildman–Crippen MR) is 72.5 cm³/mol. The maximum atomic E-state index is 13.1. The summed E-state index contributed by atoms with van der Waals surface area (Å²) in [5, 5.41) is 22.1. The zero-order valence-corrected chi connectivity index (χ0v) is 11.0. The molecule has 2 N–H and O–H groups in total. The van der Waals surface area contributed by atoms with E-state index in [1.807, 2.05) is 0 Å². The first kappa shape index (κ1) is 14.7. The Morgan fingerprint density at radius 2 is 2.10 bits per heavy atom. The second-order valence-corrected chi connectivity index (χ2v) is 4.29. The van der Waals surface area contributed by atoms with Crippen LogP contribution in [0.25, 0.3) is 0 Å². The summed E-state index contributed by atoms with van der Waals surface area (Å²) < 4.78 is 13.1. The normalized spacial score (nSPS) is 10.2. The molecule has 0 aliphatic carbocycles. The number of halogens is 2. The van der Waals surface area contributed by atoms with Crippen LogP contribution >= 0.6 is 11.6 Å². The fourth-order valence-electron chi connectivity index (χ4n) is 1.52. The number of carboxylic acid groups (broad SMARTS) is 1. The topological polar surface area (TPSA) is 105 Å². The van der Waals surface area contributed by atoms with E-state index < -0.39 is 22.4 Å². The number of benzene rings is 1. The summed E-state index contributed by atoms with van der Waals surface area (Å²) in [5.74, 6) is -2.25. The summed E-state index contributed by atoms with van der Waals surface area (Å²) in [6.07, 6.45) is 0. The number of nitro groups is 1. The average Bonchev–Trinajstić information content (AvgIpc) is 2.42. The molecule has 0 saturated carbocycles. The van der Waals surface area contributed by atoms with Gasteiger partial charge in [0.1, 0.15) is 5.82 Å². The van der Waals surface area contributed by atoms with E-state index >= 15 is 0 Å². The lowest BCUT2D eigenvalue weighted by molar-refractivity contribution is -0.384. The third kappa shape index (κ3) is 3.23. The lowest BCUT2D eigenvalue weighted by atomic mass is 10.2. The first-order chi connectivity index (χ1) is 9.88. The molecule has 2 aromatic rings. The minimum absolute atomic E-state index is 0.183. The molecule has 0 radical (unpaired) electrons. The Kier molecular flexibility index (Phi) is 3.99. The molecule has 0 aliphatic rings. The summed E-state index contributed by atoms with van der Waals surface area (Å²) in [4.78, 5) is 24.7. The van der Waals surface area contributed by atoms with Crippen LogP contribution in [0.1, 0.15) is 10.5 Å². The van der Waals surface area contributed by atoms with Crippen molar-refractivity contribution in [3.8, 4) is 0 Å². The lowest BCUT2D eigenvalue weighted by Crippen LogP contribution is -2.06. The van der Waals surface area contributed by atoms with E-state index in [9.17, 15) is 19.3 Å². The van der Waals surface area contributed by atoms with Gasteiger partial charge in [0, 0.05) is 11.8 Å². The zero-order chi connectivity index (χ0) is 15.6. The van der Waals surface area contributed by atoms with E-state index in [0.717, 1.165) is 18.2 Å². The summed E-state index contributed by atoms with van der Waals surface area (Å²) in [7, 11) is 0. The first-order valence-corrected chi connectivity index (χ1v) is 5.87. The van der Waals surface area contributed by atoms with Crippen molar-refractivity contribution in [3.05, 3.63) is 57.0 Å². The minimum atomic E-state index is -1.33. The highest BCUT2D eigenvalue weighted by Gasteiger charge is 2.18. The molecule has 0 spiro atoms. The molecule has 1 heterocycles. The van der Waals surface area contributed by atoms with Gasteiger partial charge < -0.3 is 10.4 Å². The quantitative estimate of drug-likeness (QED) is 0.663. The van der Waals surface area contributed by atoms with E-state index in [-0.39, 0.29) is 22.2 Å². The third-order valence-corrected chi connectivity index (χ3v) is 2.76. The van der Waals surface area contributed by atoms with Crippen molar-refractivity contribution in [3.63, 3.8) is 0 Å². The van der Waals surface area contributed by atoms with Crippen molar-refractivity contribution in [2.45, 2.75) is 0 Å². The molecule has 21 heavy (non-hydrogen) atoms. The summed E-state index contributed by atoms with van der Waals surface area (Å²) in [5.41, 5.74) is -0.545. The number of carboxylic acids is 1. The molecule has 1 aromatic carbocycles. The molecule has 9 heteroatoms. The number of rotatable bonds is 4. The van der Waals surface area contributed by atoms with Gasteiger partial charge in [0.15, 0.2) is 5.69 Å². The lowest BCUT2D eigenvalue weighted by Gasteiger charge is -2.07. The molecule has 0 bridgehead atoms. The van der Waals surface area contributed by atoms with Gasteiger partial charge in [-0.2, -0.15) is 0 Å². The first-order valence-electron chi connectivity index (χ1n) is 5.49. The van der Waals surface area contributed by atoms with Crippen LogP contribution in [-0.2, 0) is 0 Å². The van der Waals surface area contributed by atoms with Gasteiger partial charge in [-0.1, -0.05) is 11.6 Å². The molecule has 0 aliphatic heterocycles. The van der Waals surface area contributed by atoms with Gasteiger partial charge in [0.25, 0.3) is 0 Å². The molecule has 0 saturated heterocycles. The van der Waals surface area contributed by atoms with Crippen LogP contribution in [0, 0.1) is 15.9 Å². The Morgan fingerprint density at radius 1 is 1.38 bits per heavy atom. The van der Waals surface area contributed by atoms with Gasteiger partial charge >= 0.3 is 11.7 Å². The molecule has 7 nitrogen and oxygen atoms in total. The largest absolute Gasteiger partial charge is 0.477 e. The summed E-state index contributed by atoms with van der Waals surface area (Å²) >= 11 is 5.60. The molecule has 0 unspecified atom stereocenters. The molecule has 108 valence electrons. The number of aromatic nitrogens is 1. The number of anilines is 2. The van der Waals surface area contributed by atoms with Crippen LogP contribution in [0.4, 0.5) is 21.6 Å². The maximum Gasteiger partial charge on any atom is 0.354 e. The molecular formula is C12H7ClFN3O4.